The Morgan fingerprint density at radius 1 is 1.03 bits per heavy atom. The van der Waals surface area contributed by atoms with Gasteiger partial charge in [0, 0.05) is 23.4 Å². The number of hydrogen-bond acceptors (Lipinski definition) is 7. The van der Waals surface area contributed by atoms with E-state index in [2.05, 4.69) is 15.8 Å². The van der Waals surface area contributed by atoms with Crippen molar-refractivity contribution in [3.05, 3.63) is 93.5 Å². The van der Waals surface area contributed by atoms with E-state index in [0.29, 0.717) is 29.4 Å². The van der Waals surface area contributed by atoms with Gasteiger partial charge in [0.15, 0.2) is 18.1 Å². The highest BCUT2D eigenvalue weighted by molar-refractivity contribution is 5.95. The van der Waals surface area contributed by atoms with Crippen LogP contribution in [0.15, 0.2) is 71.8 Å². The largest absolute Gasteiger partial charge is 0.490 e. The fourth-order valence-electron chi connectivity index (χ4n) is 3.02. The Kier molecular flexibility index (Phi) is 8.49. The van der Waals surface area contributed by atoms with Crippen LogP contribution in [-0.4, -0.2) is 36.2 Å². The number of benzene rings is 3. The van der Waals surface area contributed by atoms with Crippen molar-refractivity contribution in [1.29, 1.82) is 0 Å². The number of non-ortho nitro benzene ring substituents is 1. The van der Waals surface area contributed by atoms with Crippen molar-refractivity contribution in [2.24, 2.45) is 5.10 Å². The molecule has 0 unspecified atom stereocenters. The molecule has 0 saturated heterocycles. The highest BCUT2D eigenvalue weighted by Gasteiger charge is 2.11. The second kappa shape index (κ2) is 11.9. The maximum Gasteiger partial charge on any atom is 0.271 e. The normalized spacial score (nSPS) is 10.6. The molecule has 0 saturated carbocycles. The third kappa shape index (κ3) is 7.39. The van der Waals surface area contributed by atoms with Crippen LogP contribution in [0.2, 0.25) is 0 Å². The lowest BCUT2D eigenvalue weighted by atomic mass is 10.2. The first-order valence-electron chi connectivity index (χ1n) is 10.7. The van der Waals surface area contributed by atoms with Gasteiger partial charge in [-0.25, -0.2) is 5.43 Å². The van der Waals surface area contributed by atoms with E-state index >= 15 is 0 Å². The molecule has 0 spiro atoms. The molecule has 0 aliphatic carbocycles. The van der Waals surface area contributed by atoms with E-state index in [1.54, 1.807) is 24.3 Å². The van der Waals surface area contributed by atoms with Gasteiger partial charge in [-0.1, -0.05) is 12.1 Å². The highest BCUT2D eigenvalue weighted by Crippen LogP contribution is 2.28. The summed E-state index contributed by atoms with van der Waals surface area (Å²) in [4.78, 5) is 34.6. The number of hydrazone groups is 1. The number of carbonyl (C=O) groups is 2. The maximum absolute atomic E-state index is 12.2. The smallest absolute Gasteiger partial charge is 0.271 e. The number of nitrogens with one attached hydrogen (secondary N) is 2. The quantitative estimate of drug-likeness (QED) is 0.257. The first-order chi connectivity index (χ1) is 16.9. The minimum atomic E-state index is -0.542. The summed E-state index contributed by atoms with van der Waals surface area (Å²) in [6, 6.07) is 17.6. The van der Waals surface area contributed by atoms with Crippen LogP contribution in [0.4, 0.5) is 11.4 Å². The molecule has 0 aromatic heterocycles. The zero-order valence-electron chi connectivity index (χ0n) is 19.2. The molecule has 2 amide bonds. The van der Waals surface area contributed by atoms with Crippen LogP contribution in [-0.2, 0) is 4.79 Å². The molecule has 180 valence electrons. The molecule has 35 heavy (non-hydrogen) atoms. The number of rotatable bonds is 10. The summed E-state index contributed by atoms with van der Waals surface area (Å²) in [5.74, 6) is -0.0155. The molecule has 0 aliphatic rings. The number of nitro benzene ring substituents is 1. The van der Waals surface area contributed by atoms with Gasteiger partial charge in [0.05, 0.1) is 17.7 Å². The number of aryl methyl sites for hydroxylation is 1. The lowest BCUT2D eigenvalue weighted by molar-refractivity contribution is -0.384. The van der Waals surface area contributed by atoms with Crippen LogP contribution < -0.4 is 20.2 Å². The van der Waals surface area contributed by atoms with Crippen molar-refractivity contribution in [3.63, 3.8) is 0 Å². The molecule has 10 heteroatoms. The molecule has 0 heterocycles. The Labute approximate surface area is 201 Å². The zero-order valence-corrected chi connectivity index (χ0v) is 19.2. The minimum Gasteiger partial charge on any atom is -0.490 e. The highest BCUT2D eigenvalue weighted by atomic mass is 16.6. The van der Waals surface area contributed by atoms with Crippen LogP contribution in [0, 0.1) is 17.0 Å². The number of nitro groups is 1. The van der Waals surface area contributed by atoms with Crippen LogP contribution in [0.25, 0.3) is 0 Å². The number of anilines is 1. The predicted molar refractivity (Wildman–Crippen MR) is 131 cm³/mol. The number of nitrogens with zero attached hydrogens (tertiary/aromatic N) is 2. The standard InChI is InChI=1S/C25H24N4O6/c1-3-34-23-14-18(15-26-28-25(31)19-8-10-21(11-9-19)29(32)33)7-12-22(23)35-16-24(30)27-20-6-4-5-17(2)13-20/h4-15H,3,16H2,1-2H3,(H,27,30)(H,28,31)/b26-15+. The molecule has 10 nitrogen and oxygen atoms in total. The number of amides is 2. The molecular formula is C25H24N4O6. The summed E-state index contributed by atoms with van der Waals surface area (Å²) in [6.45, 7) is 3.93. The van der Waals surface area contributed by atoms with E-state index in [1.165, 1.54) is 30.5 Å². The fraction of sp³-hybridized carbons (Fsp3) is 0.160. The Morgan fingerprint density at radius 2 is 1.80 bits per heavy atom. The first-order valence-corrected chi connectivity index (χ1v) is 10.7. The number of ether oxygens (including phenoxy) is 2. The average Bonchev–Trinajstić information content (AvgIpc) is 2.83. The molecule has 3 aromatic carbocycles. The van der Waals surface area contributed by atoms with Crippen molar-refractivity contribution < 1.29 is 24.0 Å². The minimum absolute atomic E-state index is 0.108. The Hall–Kier alpha value is -4.73. The SMILES string of the molecule is CCOc1cc(/C=N/NC(=O)c2ccc([N+](=O)[O-])cc2)ccc1OCC(=O)Nc1cccc(C)c1. The van der Waals surface area contributed by atoms with Crippen LogP contribution in [0.5, 0.6) is 11.5 Å². The van der Waals surface area contributed by atoms with Gasteiger partial charge < -0.3 is 14.8 Å². The molecule has 0 fully saturated rings. The number of hydrogen-bond donors (Lipinski definition) is 2. The van der Waals surface area contributed by atoms with E-state index in [9.17, 15) is 19.7 Å². The van der Waals surface area contributed by atoms with E-state index in [1.807, 2.05) is 32.0 Å². The van der Waals surface area contributed by atoms with Gasteiger partial charge in [-0.2, -0.15) is 5.10 Å². The molecule has 3 rings (SSSR count). The van der Waals surface area contributed by atoms with Gasteiger partial charge in [0.1, 0.15) is 0 Å². The predicted octanol–water partition coefficient (Wildman–Crippen LogP) is 4.08. The van der Waals surface area contributed by atoms with E-state index in [-0.39, 0.29) is 23.8 Å². The molecular weight excluding hydrogens is 452 g/mol. The molecule has 0 bridgehead atoms. The van der Waals surface area contributed by atoms with Crippen LogP contribution in [0.3, 0.4) is 0 Å². The second-order valence-corrected chi connectivity index (χ2v) is 7.35. The number of carbonyl (C=O) groups excluding carboxylic acids is 2. The third-order valence-corrected chi connectivity index (χ3v) is 4.65. The summed E-state index contributed by atoms with van der Waals surface area (Å²) >= 11 is 0. The van der Waals surface area contributed by atoms with Crippen molar-refractivity contribution in [2.45, 2.75) is 13.8 Å². The van der Waals surface area contributed by atoms with E-state index < -0.39 is 10.8 Å². The summed E-state index contributed by atoms with van der Waals surface area (Å²) in [6.07, 6.45) is 1.42. The molecule has 0 atom stereocenters. The van der Waals surface area contributed by atoms with Gasteiger partial charge in [0.2, 0.25) is 0 Å². The van der Waals surface area contributed by atoms with E-state index in [0.717, 1.165) is 5.56 Å². The van der Waals surface area contributed by atoms with Gasteiger partial charge in [-0.3, -0.25) is 19.7 Å². The first kappa shape index (κ1) is 24.9. The summed E-state index contributed by atoms with van der Waals surface area (Å²) < 4.78 is 11.2. The third-order valence-electron chi connectivity index (χ3n) is 4.65. The lowest BCUT2D eigenvalue weighted by Gasteiger charge is -2.13. The zero-order chi connectivity index (χ0) is 25.2. The average molecular weight is 476 g/mol. The van der Waals surface area contributed by atoms with Crippen molar-refractivity contribution in [1.82, 2.24) is 5.43 Å². The summed E-state index contributed by atoms with van der Waals surface area (Å²) in [7, 11) is 0. The summed E-state index contributed by atoms with van der Waals surface area (Å²) in [5.41, 5.74) is 4.83. The second-order valence-electron chi connectivity index (χ2n) is 7.35. The summed E-state index contributed by atoms with van der Waals surface area (Å²) in [5, 5.41) is 17.4. The van der Waals surface area contributed by atoms with Gasteiger partial charge in [0.25, 0.3) is 17.5 Å². The fourth-order valence-corrected chi connectivity index (χ4v) is 3.02. The van der Waals surface area contributed by atoms with Crippen LogP contribution in [0.1, 0.15) is 28.4 Å². The Balaban J connectivity index is 1.59. The van der Waals surface area contributed by atoms with Gasteiger partial charge in [-0.05, 0) is 67.4 Å². The van der Waals surface area contributed by atoms with Crippen molar-refractivity contribution in [2.75, 3.05) is 18.5 Å². The maximum atomic E-state index is 12.2. The van der Waals surface area contributed by atoms with Gasteiger partial charge in [-0.15, -0.1) is 0 Å². The van der Waals surface area contributed by atoms with Gasteiger partial charge >= 0.3 is 0 Å². The molecule has 2 N–H and O–H groups in total. The molecule has 3 aromatic rings. The van der Waals surface area contributed by atoms with Crippen molar-refractivity contribution >= 4 is 29.4 Å². The van der Waals surface area contributed by atoms with Crippen LogP contribution >= 0.6 is 0 Å². The Bertz CT molecular complexity index is 1240. The molecule has 0 aliphatic heterocycles. The lowest BCUT2D eigenvalue weighted by Crippen LogP contribution is -2.20. The molecule has 0 radical (unpaired) electrons. The monoisotopic (exact) mass is 476 g/mol. The van der Waals surface area contributed by atoms with Crippen molar-refractivity contribution in [3.8, 4) is 11.5 Å². The van der Waals surface area contributed by atoms with E-state index in [4.69, 9.17) is 9.47 Å². The Morgan fingerprint density at radius 3 is 2.49 bits per heavy atom. The topological polar surface area (TPSA) is 132 Å².